The molecule has 0 aliphatic heterocycles. The van der Waals surface area contributed by atoms with Gasteiger partial charge in [-0.05, 0) is 39.9 Å². The van der Waals surface area contributed by atoms with Crippen LogP contribution < -0.4 is 0 Å². The average Bonchev–Trinajstić information content (AvgIpc) is 2.14. The summed E-state index contributed by atoms with van der Waals surface area (Å²) in [5.41, 5.74) is -0.180. The lowest BCUT2D eigenvalue weighted by Crippen LogP contribution is -1.99. The maximum Gasteiger partial charge on any atom is 0.246 e. The minimum absolute atomic E-state index is 0.180. The fourth-order valence-electron chi connectivity index (χ4n) is 0.829. The zero-order chi connectivity index (χ0) is 10.6. The Morgan fingerprint density at radius 2 is 2.14 bits per heavy atom. The summed E-state index contributed by atoms with van der Waals surface area (Å²) in [4.78, 5) is 0. The molecule has 14 heavy (non-hydrogen) atoms. The highest BCUT2D eigenvalue weighted by molar-refractivity contribution is 14.1. The van der Waals surface area contributed by atoms with E-state index in [-0.39, 0.29) is 5.56 Å². The number of hydrogen-bond donors (Lipinski definition) is 0. The normalized spacial score (nSPS) is 12.4. The second-order valence-corrected chi connectivity index (χ2v) is 3.44. The van der Waals surface area contributed by atoms with E-state index in [4.69, 9.17) is 0 Å². The van der Waals surface area contributed by atoms with Gasteiger partial charge in [0, 0.05) is 3.57 Å². The van der Waals surface area contributed by atoms with Crippen LogP contribution >= 0.6 is 22.6 Å². The Hall–Kier alpha value is -0.920. The summed E-state index contributed by atoms with van der Waals surface area (Å²) in [7, 11) is 1.35. The van der Waals surface area contributed by atoms with Gasteiger partial charge in [-0.3, -0.25) is 0 Å². The first-order valence-corrected chi connectivity index (χ1v) is 4.71. The second kappa shape index (κ2) is 5.08. The van der Waals surface area contributed by atoms with Crippen molar-refractivity contribution >= 4 is 28.6 Å². The van der Waals surface area contributed by atoms with Crippen molar-refractivity contribution in [3.8, 4) is 0 Å². The molecule has 0 heterocycles. The molecule has 1 aromatic rings. The molecule has 0 spiro atoms. The fourth-order valence-corrected chi connectivity index (χ4v) is 1.52. The first-order valence-electron chi connectivity index (χ1n) is 3.63. The van der Waals surface area contributed by atoms with Gasteiger partial charge in [-0.15, -0.1) is 0 Å². The highest BCUT2D eigenvalue weighted by Gasteiger charge is 2.12. The molecular formula is C8H6F2IN3. The zero-order valence-electron chi connectivity index (χ0n) is 7.21. The molecule has 0 amide bonds. The highest BCUT2D eigenvalue weighted by Crippen LogP contribution is 2.17. The summed E-state index contributed by atoms with van der Waals surface area (Å²) in [5.74, 6) is -1.64. The van der Waals surface area contributed by atoms with Crippen LogP contribution in [0.15, 0.2) is 33.6 Å². The van der Waals surface area contributed by atoms with Crippen molar-refractivity contribution in [1.29, 1.82) is 0 Å². The zero-order valence-corrected chi connectivity index (χ0v) is 9.37. The number of benzene rings is 1. The molecule has 0 fully saturated rings. The molecule has 74 valence electrons. The van der Waals surface area contributed by atoms with E-state index >= 15 is 0 Å². The van der Waals surface area contributed by atoms with Gasteiger partial charge in [0.05, 0.1) is 12.6 Å². The number of nitrogens with zero attached hydrogens (tertiary/aromatic N) is 3. The third kappa shape index (κ3) is 2.53. The molecule has 6 heteroatoms. The Morgan fingerprint density at radius 3 is 2.71 bits per heavy atom. The Morgan fingerprint density at radius 1 is 1.43 bits per heavy atom. The van der Waals surface area contributed by atoms with Crippen LogP contribution in [-0.2, 0) is 0 Å². The number of halogens is 3. The maximum atomic E-state index is 13.2. The average molecular weight is 309 g/mol. The Labute approximate surface area is 93.1 Å². The van der Waals surface area contributed by atoms with E-state index < -0.39 is 11.8 Å². The molecular weight excluding hydrogens is 303 g/mol. The van der Waals surface area contributed by atoms with Crippen LogP contribution in [0.4, 0.5) is 8.78 Å². The van der Waals surface area contributed by atoms with Gasteiger partial charge in [0.25, 0.3) is 0 Å². The smallest absolute Gasteiger partial charge is 0.206 e. The van der Waals surface area contributed by atoms with Gasteiger partial charge in [0.2, 0.25) is 5.97 Å². The summed E-state index contributed by atoms with van der Waals surface area (Å²) in [5, 5.41) is 9.43. The first kappa shape index (κ1) is 11.2. The summed E-state index contributed by atoms with van der Waals surface area (Å²) < 4.78 is 26.8. The van der Waals surface area contributed by atoms with Crippen molar-refractivity contribution in [2.45, 2.75) is 0 Å². The maximum absolute atomic E-state index is 13.2. The molecule has 0 N–H and O–H groups in total. The van der Waals surface area contributed by atoms with E-state index in [2.05, 4.69) is 15.4 Å². The minimum Gasteiger partial charge on any atom is -0.206 e. The van der Waals surface area contributed by atoms with Crippen LogP contribution in [0.3, 0.4) is 0 Å². The van der Waals surface area contributed by atoms with Gasteiger partial charge in [-0.2, -0.15) is 9.50 Å². The second-order valence-electron chi connectivity index (χ2n) is 2.28. The largest absolute Gasteiger partial charge is 0.246 e. The van der Waals surface area contributed by atoms with Gasteiger partial charge in [-0.25, -0.2) is 4.39 Å². The molecule has 3 nitrogen and oxygen atoms in total. The van der Waals surface area contributed by atoms with E-state index in [1.807, 2.05) is 22.6 Å². The van der Waals surface area contributed by atoms with Gasteiger partial charge in [0.15, 0.2) is 0 Å². The van der Waals surface area contributed by atoms with Gasteiger partial charge >= 0.3 is 0 Å². The van der Waals surface area contributed by atoms with Crippen molar-refractivity contribution in [3.63, 3.8) is 0 Å². The Kier molecular flexibility index (Phi) is 4.05. The molecule has 0 bridgehead atoms. The van der Waals surface area contributed by atoms with E-state index in [0.29, 0.717) is 3.57 Å². The summed E-state index contributed by atoms with van der Waals surface area (Å²) >= 11 is 1.82. The van der Waals surface area contributed by atoms with Crippen LogP contribution in [0, 0.1) is 9.39 Å². The lowest BCUT2D eigenvalue weighted by Gasteiger charge is -2.00. The Bertz CT molecular complexity index is 370. The Balaban J connectivity index is 3.18. The van der Waals surface area contributed by atoms with Gasteiger partial charge < -0.3 is 0 Å². The highest BCUT2D eigenvalue weighted by atomic mass is 127. The van der Waals surface area contributed by atoms with E-state index in [1.165, 1.54) is 13.1 Å². The lowest BCUT2D eigenvalue weighted by molar-refractivity contribution is 0.618. The van der Waals surface area contributed by atoms with Crippen molar-refractivity contribution < 1.29 is 8.78 Å². The molecule has 0 aromatic heterocycles. The molecule has 0 radical (unpaired) electrons. The van der Waals surface area contributed by atoms with Crippen LogP contribution in [0.1, 0.15) is 5.56 Å². The molecule has 0 aliphatic carbocycles. The molecule has 0 saturated heterocycles. The summed E-state index contributed by atoms with van der Waals surface area (Å²) in [6.45, 7) is 0. The van der Waals surface area contributed by atoms with Crippen molar-refractivity contribution in [1.82, 2.24) is 0 Å². The lowest BCUT2D eigenvalue weighted by atomic mass is 10.2. The predicted molar refractivity (Wildman–Crippen MR) is 57.5 cm³/mol. The third-order valence-corrected chi connectivity index (χ3v) is 2.29. The van der Waals surface area contributed by atoms with E-state index in [1.54, 1.807) is 6.07 Å². The number of rotatable bonds is 2. The standard InChI is InChI=1S/C8H6F2IN3/c1-12-14-13-8(10)7-5(9)3-2-4-6(7)11/h2-4H,1H3/b13-8-,14-12?. The third-order valence-electron chi connectivity index (χ3n) is 1.39. The van der Waals surface area contributed by atoms with Crippen LogP contribution in [0.5, 0.6) is 0 Å². The van der Waals surface area contributed by atoms with Crippen molar-refractivity contribution in [2.75, 3.05) is 7.05 Å². The topological polar surface area (TPSA) is 37.1 Å². The summed E-state index contributed by atoms with van der Waals surface area (Å²) in [6.07, 6.45) is 0. The van der Waals surface area contributed by atoms with Crippen molar-refractivity contribution in [3.05, 3.63) is 33.1 Å². The molecule has 0 aliphatic rings. The van der Waals surface area contributed by atoms with Crippen LogP contribution in [-0.4, -0.2) is 13.0 Å². The molecule has 0 atom stereocenters. The summed E-state index contributed by atoms with van der Waals surface area (Å²) in [6, 6.07) is 4.24. The molecule has 1 rings (SSSR count). The SMILES string of the molecule is CN=N/N=C(\F)c1c(F)cccc1I. The van der Waals surface area contributed by atoms with Gasteiger partial charge in [0.1, 0.15) is 5.82 Å². The van der Waals surface area contributed by atoms with Crippen LogP contribution in [0.2, 0.25) is 0 Å². The molecule has 0 saturated carbocycles. The number of hydrogen-bond acceptors (Lipinski definition) is 2. The minimum atomic E-state index is -0.974. The van der Waals surface area contributed by atoms with Crippen LogP contribution in [0.25, 0.3) is 0 Å². The first-order chi connectivity index (χ1) is 6.66. The predicted octanol–water partition coefficient (Wildman–Crippen LogP) is 3.14. The molecule has 0 unspecified atom stereocenters. The van der Waals surface area contributed by atoms with E-state index in [0.717, 1.165) is 6.07 Å². The van der Waals surface area contributed by atoms with Crippen molar-refractivity contribution in [2.24, 2.45) is 15.4 Å². The van der Waals surface area contributed by atoms with E-state index in [9.17, 15) is 8.78 Å². The van der Waals surface area contributed by atoms with Gasteiger partial charge in [-0.1, -0.05) is 11.2 Å². The monoisotopic (exact) mass is 309 g/mol. The quantitative estimate of drug-likeness (QED) is 0.348. The molecule has 1 aromatic carbocycles. The fraction of sp³-hybridized carbons (Fsp3) is 0.125.